The maximum Gasteiger partial charge on any atom is 0.270 e. The summed E-state index contributed by atoms with van der Waals surface area (Å²) in [6, 6.07) is 13.4. The fraction of sp³-hybridized carbons (Fsp3) is 0.160. The van der Waals surface area contributed by atoms with E-state index in [0.29, 0.717) is 10.7 Å². The van der Waals surface area contributed by atoms with Crippen LogP contribution in [0.2, 0.25) is 5.02 Å². The summed E-state index contributed by atoms with van der Waals surface area (Å²) in [5, 5.41) is 3.33. The van der Waals surface area contributed by atoms with Gasteiger partial charge in [-0.3, -0.25) is 19.8 Å². The Morgan fingerprint density at radius 2 is 1.76 bits per heavy atom. The molecule has 2 heterocycles. The summed E-state index contributed by atoms with van der Waals surface area (Å²) in [4.78, 5) is 27.5. The molecule has 1 saturated heterocycles. The number of carbonyl (C=O) groups is 2. The van der Waals surface area contributed by atoms with E-state index in [0.717, 1.165) is 38.2 Å². The van der Waals surface area contributed by atoms with E-state index in [1.165, 1.54) is 4.90 Å². The van der Waals surface area contributed by atoms with Crippen molar-refractivity contribution >= 4 is 68.4 Å². The number of thiocarbonyl (C=S) groups is 1. The normalized spacial score (nSPS) is 15.4. The number of carbonyl (C=O) groups excluding carboxylic acids is 2. The highest BCUT2D eigenvalue weighted by atomic mass is 79.9. The number of aromatic nitrogens is 1. The molecule has 1 N–H and O–H groups in total. The van der Waals surface area contributed by atoms with Crippen molar-refractivity contribution in [1.82, 2.24) is 9.88 Å². The number of nitrogens with zero attached hydrogens (tertiary/aromatic N) is 2. The van der Waals surface area contributed by atoms with Gasteiger partial charge in [-0.05, 0) is 103 Å². The van der Waals surface area contributed by atoms with E-state index < -0.39 is 11.8 Å². The molecule has 0 radical (unpaired) electrons. The van der Waals surface area contributed by atoms with Crippen LogP contribution in [0.3, 0.4) is 0 Å². The zero-order valence-corrected chi connectivity index (χ0v) is 21.7. The minimum absolute atomic E-state index is 0.0256. The van der Waals surface area contributed by atoms with Crippen molar-refractivity contribution in [2.45, 2.75) is 27.7 Å². The van der Waals surface area contributed by atoms with Crippen LogP contribution in [0.1, 0.15) is 28.1 Å². The first-order valence-corrected chi connectivity index (χ1v) is 11.8. The van der Waals surface area contributed by atoms with Gasteiger partial charge in [-0.25, -0.2) is 0 Å². The van der Waals surface area contributed by atoms with Gasteiger partial charge in [0.05, 0.1) is 10.7 Å². The van der Waals surface area contributed by atoms with Crippen molar-refractivity contribution < 1.29 is 9.59 Å². The molecule has 1 aromatic heterocycles. The Kier molecular flexibility index (Phi) is 6.31. The second-order valence-corrected chi connectivity index (χ2v) is 9.66. The zero-order valence-electron chi connectivity index (χ0n) is 18.5. The standard InChI is InChI=1S/C25H21BrClN3O2S/c1-13-5-8-22(14(2)9-13)30-24(32)19(23(31)28-25(30)33)11-17-10-15(3)29(16(17)4)18-6-7-20(26)21(27)12-18/h5-12H,1-4H3,(H,28,31,33)/b19-11+. The summed E-state index contributed by atoms with van der Waals surface area (Å²) in [7, 11) is 0. The van der Waals surface area contributed by atoms with Crippen molar-refractivity contribution in [3.05, 3.63) is 85.6 Å². The predicted octanol–water partition coefficient (Wildman–Crippen LogP) is 5.96. The molecule has 0 saturated carbocycles. The van der Waals surface area contributed by atoms with Gasteiger partial charge >= 0.3 is 0 Å². The first-order valence-electron chi connectivity index (χ1n) is 10.2. The number of nitrogens with one attached hydrogen (secondary N) is 1. The van der Waals surface area contributed by atoms with Crippen LogP contribution in [0.5, 0.6) is 0 Å². The molecule has 0 aliphatic carbocycles. The molecule has 0 spiro atoms. The van der Waals surface area contributed by atoms with Gasteiger partial charge in [0.1, 0.15) is 5.57 Å². The van der Waals surface area contributed by atoms with Crippen LogP contribution in [0.15, 0.2) is 52.5 Å². The first-order chi connectivity index (χ1) is 15.6. The molecule has 8 heteroatoms. The summed E-state index contributed by atoms with van der Waals surface area (Å²) < 4.78 is 2.84. The number of aryl methyl sites for hydroxylation is 3. The predicted molar refractivity (Wildman–Crippen MR) is 140 cm³/mol. The van der Waals surface area contributed by atoms with Gasteiger partial charge in [0.25, 0.3) is 11.8 Å². The molecule has 0 unspecified atom stereocenters. The van der Waals surface area contributed by atoms with Crippen molar-refractivity contribution in [1.29, 1.82) is 0 Å². The van der Waals surface area contributed by atoms with Gasteiger partial charge in [0, 0.05) is 21.5 Å². The summed E-state index contributed by atoms with van der Waals surface area (Å²) in [5.41, 5.74) is 6.12. The summed E-state index contributed by atoms with van der Waals surface area (Å²) >= 11 is 15.0. The van der Waals surface area contributed by atoms with Crippen LogP contribution in [-0.4, -0.2) is 21.5 Å². The highest BCUT2D eigenvalue weighted by Gasteiger charge is 2.35. The van der Waals surface area contributed by atoms with Gasteiger partial charge < -0.3 is 4.57 Å². The lowest BCUT2D eigenvalue weighted by Gasteiger charge is -2.30. The maximum absolute atomic E-state index is 13.4. The van der Waals surface area contributed by atoms with Crippen molar-refractivity contribution in [2.75, 3.05) is 4.90 Å². The lowest BCUT2D eigenvalue weighted by Crippen LogP contribution is -2.54. The summed E-state index contributed by atoms with van der Waals surface area (Å²) in [5.74, 6) is -0.963. The lowest BCUT2D eigenvalue weighted by molar-refractivity contribution is -0.122. The highest BCUT2D eigenvalue weighted by Crippen LogP contribution is 2.30. The van der Waals surface area contributed by atoms with Crippen LogP contribution >= 0.6 is 39.7 Å². The zero-order chi connectivity index (χ0) is 24.0. The molecule has 2 aromatic carbocycles. The average molecular weight is 543 g/mol. The molecule has 2 amide bonds. The van der Waals surface area contributed by atoms with Crippen LogP contribution in [0.25, 0.3) is 11.8 Å². The molecular formula is C25H21BrClN3O2S. The smallest absolute Gasteiger partial charge is 0.270 e. The third-order valence-electron chi connectivity index (χ3n) is 5.63. The quantitative estimate of drug-likeness (QED) is 0.252. The molecular weight excluding hydrogens is 522 g/mol. The van der Waals surface area contributed by atoms with E-state index in [1.54, 1.807) is 6.08 Å². The molecule has 0 atom stereocenters. The molecule has 33 heavy (non-hydrogen) atoms. The van der Waals surface area contributed by atoms with E-state index in [2.05, 4.69) is 21.2 Å². The van der Waals surface area contributed by atoms with E-state index in [1.807, 2.05) is 74.7 Å². The Balaban J connectivity index is 1.78. The Morgan fingerprint density at radius 1 is 1.03 bits per heavy atom. The lowest BCUT2D eigenvalue weighted by atomic mass is 10.0. The third kappa shape index (κ3) is 4.28. The van der Waals surface area contributed by atoms with E-state index in [4.69, 9.17) is 23.8 Å². The molecule has 168 valence electrons. The number of amides is 2. The van der Waals surface area contributed by atoms with Gasteiger partial charge in [0.15, 0.2) is 5.11 Å². The number of rotatable bonds is 3. The van der Waals surface area contributed by atoms with Crippen molar-refractivity contribution in [3.63, 3.8) is 0 Å². The Labute approximate surface area is 211 Å². The average Bonchev–Trinajstić information content (AvgIpc) is 3.02. The largest absolute Gasteiger partial charge is 0.318 e. The van der Waals surface area contributed by atoms with Crippen LogP contribution in [0.4, 0.5) is 5.69 Å². The fourth-order valence-corrected chi connectivity index (χ4v) is 4.74. The van der Waals surface area contributed by atoms with E-state index in [-0.39, 0.29) is 10.7 Å². The summed E-state index contributed by atoms with van der Waals surface area (Å²) in [6.07, 6.45) is 1.62. The summed E-state index contributed by atoms with van der Waals surface area (Å²) in [6.45, 7) is 7.79. The highest BCUT2D eigenvalue weighted by molar-refractivity contribution is 9.10. The molecule has 1 fully saturated rings. The van der Waals surface area contributed by atoms with E-state index in [9.17, 15) is 9.59 Å². The minimum atomic E-state index is -0.512. The van der Waals surface area contributed by atoms with Crippen LogP contribution in [-0.2, 0) is 9.59 Å². The van der Waals surface area contributed by atoms with Gasteiger partial charge in [-0.2, -0.15) is 0 Å². The van der Waals surface area contributed by atoms with Gasteiger partial charge in [0.2, 0.25) is 0 Å². The maximum atomic E-state index is 13.4. The molecule has 1 aliphatic rings. The number of hydrogen-bond acceptors (Lipinski definition) is 3. The Bertz CT molecular complexity index is 1380. The van der Waals surface area contributed by atoms with Crippen LogP contribution < -0.4 is 10.2 Å². The third-order valence-corrected chi connectivity index (χ3v) is 7.14. The fourth-order valence-electron chi connectivity index (χ4n) is 4.04. The number of benzene rings is 2. The number of halogens is 2. The molecule has 3 aromatic rings. The second kappa shape index (κ2) is 8.89. The molecule has 0 bridgehead atoms. The van der Waals surface area contributed by atoms with Crippen molar-refractivity contribution in [3.8, 4) is 5.69 Å². The monoisotopic (exact) mass is 541 g/mol. The van der Waals surface area contributed by atoms with Crippen molar-refractivity contribution in [2.24, 2.45) is 0 Å². The molecule has 5 nitrogen and oxygen atoms in total. The minimum Gasteiger partial charge on any atom is -0.318 e. The Morgan fingerprint density at radius 3 is 2.42 bits per heavy atom. The number of hydrogen-bond donors (Lipinski definition) is 1. The van der Waals surface area contributed by atoms with Gasteiger partial charge in [-0.15, -0.1) is 0 Å². The topological polar surface area (TPSA) is 54.3 Å². The van der Waals surface area contributed by atoms with Gasteiger partial charge in [-0.1, -0.05) is 29.3 Å². The van der Waals surface area contributed by atoms with E-state index >= 15 is 0 Å². The molecule has 4 rings (SSSR count). The number of anilines is 1. The Hall–Kier alpha value is -2.74. The molecule has 1 aliphatic heterocycles. The van der Waals surface area contributed by atoms with Crippen LogP contribution in [0, 0.1) is 27.7 Å². The first kappa shape index (κ1) is 23.4. The second-order valence-electron chi connectivity index (χ2n) is 8.01. The SMILES string of the molecule is Cc1ccc(N2C(=O)/C(=C/c3cc(C)n(-c4ccc(Br)c(Cl)c4)c3C)C(=O)NC2=S)c(C)c1.